The molecule has 2 rings (SSSR count). The average Bonchev–Trinajstić information content (AvgIpc) is 2.55. The van der Waals surface area contributed by atoms with Crippen LogP contribution in [0.3, 0.4) is 0 Å². The second-order valence-corrected chi connectivity index (χ2v) is 5.20. The van der Waals surface area contributed by atoms with Gasteiger partial charge in [-0.05, 0) is 23.3 Å². The SMILES string of the molecule is COc1ccc(C(C(=O)O)C(CC(=O)O)c2ccccc2)cc1. The van der Waals surface area contributed by atoms with Crippen molar-refractivity contribution in [3.63, 3.8) is 0 Å². The lowest BCUT2D eigenvalue weighted by Crippen LogP contribution is -2.22. The maximum absolute atomic E-state index is 11.8. The van der Waals surface area contributed by atoms with Crippen LogP contribution in [0.2, 0.25) is 0 Å². The van der Waals surface area contributed by atoms with Crippen LogP contribution in [-0.2, 0) is 9.59 Å². The summed E-state index contributed by atoms with van der Waals surface area (Å²) in [6, 6.07) is 15.5. The van der Waals surface area contributed by atoms with E-state index in [1.54, 1.807) is 48.5 Å². The monoisotopic (exact) mass is 314 g/mol. The molecule has 0 aliphatic heterocycles. The lowest BCUT2D eigenvalue weighted by atomic mass is 9.79. The number of benzene rings is 2. The highest BCUT2D eigenvalue weighted by molar-refractivity contribution is 5.79. The van der Waals surface area contributed by atoms with Crippen LogP contribution in [0.1, 0.15) is 29.4 Å². The number of ether oxygens (including phenoxy) is 1. The molecule has 2 aromatic rings. The van der Waals surface area contributed by atoms with Crippen LogP contribution in [-0.4, -0.2) is 29.3 Å². The van der Waals surface area contributed by atoms with E-state index in [1.807, 2.05) is 6.07 Å². The first kappa shape index (κ1) is 16.5. The molecular formula is C18H18O5. The van der Waals surface area contributed by atoms with Crippen molar-refractivity contribution in [1.82, 2.24) is 0 Å². The zero-order valence-electron chi connectivity index (χ0n) is 12.7. The van der Waals surface area contributed by atoms with Crippen molar-refractivity contribution in [2.24, 2.45) is 0 Å². The van der Waals surface area contributed by atoms with Gasteiger partial charge in [0, 0.05) is 5.92 Å². The first-order valence-electron chi connectivity index (χ1n) is 7.16. The predicted octanol–water partition coefficient (Wildman–Crippen LogP) is 3.12. The largest absolute Gasteiger partial charge is 0.497 e. The highest BCUT2D eigenvalue weighted by Crippen LogP contribution is 2.36. The molecule has 0 saturated carbocycles. The quantitative estimate of drug-likeness (QED) is 0.820. The van der Waals surface area contributed by atoms with Crippen molar-refractivity contribution >= 4 is 11.9 Å². The molecule has 0 radical (unpaired) electrons. The molecule has 2 N–H and O–H groups in total. The van der Waals surface area contributed by atoms with E-state index in [-0.39, 0.29) is 6.42 Å². The van der Waals surface area contributed by atoms with Gasteiger partial charge in [-0.3, -0.25) is 9.59 Å². The Morgan fingerprint density at radius 1 is 0.957 bits per heavy atom. The first-order chi connectivity index (χ1) is 11.0. The third-order valence-corrected chi connectivity index (χ3v) is 3.77. The molecule has 0 heterocycles. The molecule has 0 fully saturated rings. The molecule has 0 amide bonds. The van der Waals surface area contributed by atoms with Crippen LogP contribution in [0.25, 0.3) is 0 Å². The summed E-state index contributed by atoms with van der Waals surface area (Å²) in [5.41, 5.74) is 1.24. The van der Waals surface area contributed by atoms with Crippen LogP contribution in [0.4, 0.5) is 0 Å². The maximum Gasteiger partial charge on any atom is 0.311 e. The van der Waals surface area contributed by atoms with Crippen LogP contribution in [0, 0.1) is 0 Å². The van der Waals surface area contributed by atoms with E-state index in [1.165, 1.54) is 7.11 Å². The molecule has 0 spiro atoms. The van der Waals surface area contributed by atoms with Crippen LogP contribution < -0.4 is 4.74 Å². The maximum atomic E-state index is 11.8. The van der Waals surface area contributed by atoms with Crippen molar-refractivity contribution < 1.29 is 24.5 Å². The van der Waals surface area contributed by atoms with E-state index in [0.717, 1.165) is 0 Å². The van der Waals surface area contributed by atoms with Crippen molar-refractivity contribution in [2.45, 2.75) is 18.3 Å². The number of carboxylic acid groups (broad SMARTS) is 2. The Morgan fingerprint density at radius 3 is 2.04 bits per heavy atom. The Balaban J connectivity index is 2.45. The van der Waals surface area contributed by atoms with E-state index in [2.05, 4.69) is 0 Å². The first-order valence-corrected chi connectivity index (χ1v) is 7.16. The molecule has 2 atom stereocenters. The number of aliphatic carboxylic acids is 2. The summed E-state index contributed by atoms with van der Waals surface area (Å²) in [7, 11) is 1.53. The average molecular weight is 314 g/mol. The molecule has 2 aromatic carbocycles. The molecule has 0 saturated heterocycles. The van der Waals surface area contributed by atoms with Crippen LogP contribution in [0.15, 0.2) is 54.6 Å². The summed E-state index contributed by atoms with van der Waals surface area (Å²) in [4.78, 5) is 23.1. The number of methoxy groups -OCH3 is 1. The van der Waals surface area contributed by atoms with E-state index < -0.39 is 23.8 Å². The molecule has 0 bridgehead atoms. The number of rotatable bonds is 7. The highest BCUT2D eigenvalue weighted by atomic mass is 16.5. The molecule has 5 heteroatoms. The van der Waals surface area contributed by atoms with E-state index in [9.17, 15) is 19.8 Å². The third-order valence-electron chi connectivity index (χ3n) is 3.77. The lowest BCUT2D eigenvalue weighted by Gasteiger charge is -2.23. The van der Waals surface area contributed by atoms with Crippen LogP contribution >= 0.6 is 0 Å². The van der Waals surface area contributed by atoms with Gasteiger partial charge in [0.25, 0.3) is 0 Å². The summed E-state index contributed by atoms with van der Waals surface area (Å²) < 4.78 is 5.08. The van der Waals surface area contributed by atoms with Gasteiger partial charge < -0.3 is 14.9 Å². The van der Waals surface area contributed by atoms with Gasteiger partial charge in [0.05, 0.1) is 19.4 Å². The normalized spacial score (nSPS) is 13.1. The number of carboxylic acids is 2. The molecule has 23 heavy (non-hydrogen) atoms. The van der Waals surface area contributed by atoms with Gasteiger partial charge in [-0.2, -0.15) is 0 Å². The van der Waals surface area contributed by atoms with E-state index in [4.69, 9.17) is 4.74 Å². The van der Waals surface area contributed by atoms with Gasteiger partial charge in [0.2, 0.25) is 0 Å². The molecule has 120 valence electrons. The number of hydrogen-bond acceptors (Lipinski definition) is 3. The summed E-state index contributed by atoms with van der Waals surface area (Å²) in [6.45, 7) is 0. The van der Waals surface area contributed by atoms with Gasteiger partial charge >= 0.3 is 11.9 Å². The van der Waals surface area contributed by atoms with Crippen molar-refractivity contribution in [2.75, 3.05) is 7.11 Å². The fraction of sp³-hybridized carbons (Fsp3) is 0.222. The molecule has 2 unspecified atom stereocenters. The smallest absolute Gasteiger partial charge is 0.311 e. The summed E-state index contributed by atoms with van der Waals surface area (Å²) in [5.74, 6) is -3.06. The van der Waals surface area contributed by atoms with Gasteiger partial charge in [0.15, 0.2) is 0 Å². The minimum Gasteiger partial charge on any atom is -0.497 e. The van der Waals surface area contributed by atoms with E-state index in [0.29, 0.717) is 16.9 Å². The molecule has 0 aliphatic rings. The van der Waals surface area contributed by atoms with Crippen molar-refractivity contribution in [1.29, 1.82) is 0 Å². The molecular weight excluding hydrogens is 296 g/mol. The Labute approximate surface area is 134 Å². The molecule has 5 nitrogen and oxygen atoms in total. The molecule has 0 aromatic heterocycles. The second-order valence-electron chi connectivity index (χ2n) is 5.20. The summed E-state index contributed by atoms with van der Waals surface area (Å²) >= 11 is 0. The van der Waals surface area contributed by atoms with E-state index >= 15 is 0 Å². The van der Waals surface area contributed by atoms with Crippen molar-refractivity contribution in [3.05, 3.63) is 65.7 Å². The number of hydrogen-bond donors (Lipinski definition) is 2. The van der Waals surface area contributed by atoms with Gasteiger partial charge in [-0.15, -0.1) is 0 Å². The number of carbonyl (C=O) groups is 2. The van der Waals surface area contributed by atoms with Gasteiger partial charge in [0.1, 0.15) is 5.75 Å². The van der Waals surface area contributed by atoms with Crippen LogP contribution in [0.5, 0.6) is 5.75 Å². The zero-order valence-corrected chi connectivity index (χ0v) is 12.7. The zero-order chi connectivity index (χ0) is 16.8. The lowest BCUT2D eigenvalue weighted by molar-refractivity contribution is -0.140. The minimum atomic E-state index is -1.05. The Morgan fingerprint density at radius 2 is 1.57 bits per heavy atom. The van der Waals surface area contributed by atoms with Gasteiger partial charge in [-0.1, -0.05) is 42.5 Å². The predicted molar refractivity (Wildman–Crippen MR) is 84.8 cm³/mol. The van der Waals surface area contributed by atoms with Crippen molar-refractivity contribution in [3.8, 4) is 5.75 Å². The summed E-state index contributed by atoms with van der Waals surface area (Å²) in [6.07, 6.45) is -0.257. The Hall–Kier alpha value is -2.82. The Kier molecular flexibility index (Phi) is 5.36. The standard InChI is InChI=1S/C18H18O5/c1-23-14-9-7-13(8-10-14)17(18(21)22)15(11-16(19)20)12-5-3-2-4-6-12/h2-10,15,17H,11H2,1H3,(H,19,20)(H,21,22). The highest BCUT2D eigenvalue weighted by Gasteiger charge is 2.32. The Bertz CT molecular complexity index is 664. The topological polar surface area (TPSA) is 83.8 Å². The van der Waals surface area contributed by atoms with Gasteiger partial charge in [-0.25, -0.2) is 0 Å². The minimum absolute atomic E-state index is 0.257. The summed E-state index contributed by atoms with van der Waals surface area (Å²) in [5, 5.41) is 18.9. The third kappa shape index (κ3) is 4.10. The fourth-order valence-corrected chi connectivity index (χ4v) is 2.67. The molecule has 0 aliphatic carbocycles. The second kappa shape index (κ2) is 7.45. The fourth-order valence-electron chi connectivity index (χ4n) is 2.67.